The van der Waals surface area contributed by atoms with Crippen molar-refractivity contribution in [2.24, 2.45) is 0 Å². The van der Waals surface area contributed by atoms with Crippen LogP contribution in [0.5, 0.6) is 0 Å². The van der Waals surface area contributed by atoms with Crippen LogP contribution >= 0.6 is 0 Å². The molecule has 1 aromatic heterocycles. The Hall–Kier alpha value is -2.58. The van der Waals surface area contributed by atoms with Crippen LogP contribution in [0.3, 0.4) is 0 Å². The molecular weight excluding hydrogens is 240 g/mol. The van der Waals surface area contributed by atoms with Gasteiger partial charge in [0.1, 0.15) is 0 Å². The van der Waals surface area contributed by atoms with Crippen molar-refractivity contribution < 1.29 is 14.4 Å². The lowest BCUT2D eigenvalue weighted by Gasteiger charge is -2.15. The summed E-state index contributed by atoms with van der Waals surface area (Å²) in [5.41, 5.74) is 5.41. The second-order valence-corrected chi connectivity index (χ2v) is 3.37. The SMILES string of the molecule is CC(=O)Nc1nc(N)nc(N(C(C)=O)C(C)=O)n1. The highest BCUT2D eigenvalue weighted by Crippen LogP contribution is 2.12. The maximum absolute atomic E-state index is 11.3. The number of carbonyl (C=O) groups excluding carboxylic acids is 3. The molecule has 3 N–H and O–H groups in total. The first-order chi connectivity index (χ1) is 8.31. The molecule has 0 saturated carbocycles. The number of carbonyl (C=O) groups is 3. The van der Waals surface area contributed by atoms with E-state index in [1.54, 1.807) is 0 Å². The van der Waals surface area contributed by atoms with Gasteiger partial charge in [-0.2, -0.15) is 15.0 Å². The lowest BCUT2D eigenvalue weighted by molar-refractivity contribution is -0.124. The Labute approximate surface area is 102 Å². The number of nitrogens with zero attached hydrogens (tertiary/aromatic N) is 4. The Morgan fingerprint density at radius 3 is 2.06 bits per heavy atom. The normalized spacial score (nSPS) is 9.72. The van der Waals surface area contributed by atoms with Gasteiger partial charge in [-0.1, -0.05) is 0 Å². The Morgan fingerprint density at radius 2 is 1.61 bits per heavy atom. The summed E-state index contributed by atoms with van der Waals surface area (Å²) in [5.74, 6) is -2.12. The number of imide groups is 1. The number of hydrogen-bond donors (Lipinski definition) is 2. The van der Waals surface area contributed by atoms with E-state index in [9.17, 15) is 14.4 Å². The van der Waals surface area contributed by atoms with Gasteiger partial charge in [0.05, 0.1) is 0 Å². The molecule has 96 valence electrons. The highest BCUT2D eigenvalue weighted by molar-refractivity contribution is 6.11. The minimum Gasteiger partial charge on any atom is -0.368 e. The maximum atomic E-state index is 11.3. The third-order valence-corrected chi connectivity index (χ3v) is 1.76. The molecule has 1 aromatic rings. The molecule has 0 aliphatic rings. The predicted molar refractivity (Wildman–Crippen MR) is 62.4 cm³/mol. The minimum atomic E-state index is -0.568. The molecule has 1 rings (SSSR count). The molecule has 9 heteroatoms. The molecule has 0 aromatic carbocycles. The Bertz CT molecular complexity index is 501. The fourth-order valence-electron chi connectivity index (χ4n) is 1.20. The van der Waals surface area contributed by atoms with Crippen LogP contribution in [0.15, 0.2) is 0 Å². The molecule has 0 unspecified atom stereocenters. The van der Waals surface area contributed by atoms with Gasteiger partial charge in [0.2, 0.25) is 35.6 Å². The number of nitrogen functional groups attached to an aromatic ring is 1. The largest absolute Gasteiger partial charge is 0.368 e. The van der Waals surface area contributed by atoms with Crippen molar-refractivity contribution >= 4 is 35.6 Å². The molecule has 0 radical (unpaired) electrons. The van der Waals surface area contributed by atoms with Gasteiger partial charge in [0, 0.05) is 20.8 Å². The van der Waals surface area contributed by atoms with Crippen molar-refractivity contribution in [1.29, 1.82) is 0 Å². The zero-order valence-electron chi connectivity index (χ0n) is 10.1. The zero-order chi connectivity index (χ0) is 13.9. The number of hydrogen-bond acceptors (Lipinski definition) is 7. The molecule has 0 atom stereocenters. The summed E-state index contributed by atoms with van der Waals surface area (Å²) in [7, 11) is 0. The first-order valence-corrected chi connectivity index (χ1v) is 4.91. The average Bonchev–Trinajstić information content (AvgIpc) is 2.13. The Kier molecular flexibility index (Phi) is 3.87. The fourth-order valence-corrected chi connectivity index (χ4v) is 1.20. The quantitative estimate of drug-likeness (QED) is 0.712. The van der Waals surface area contributed by atoms with Crippen LogP contribution in [0.1, 0.15) is 20.8 Å². The standard InChI is InChI=1S/C9H12N6O3/c1-4(16)11-8-12-7(10)13-9(14-8)15(5(2)17)6(3)18/h1-3H3,(H3,10,11,12,13,14,16). The van der Waals surface area contributed by atoms with Gasteiger partial charge >= 0.3 is 0 Å². The second kappa shape index (κ2) is 5.17. The van der Waals surface area contributed by atoms with E-state index in [1.165, 1.54) is 20.8 Å². The molecule has 18 heavy (non-hydrogen) atoms. The van der Waals surface area contributed by atoms with Crippen LogP contribution in [-0.4, -0.2) is 32.7 Å². The number of rotatable bonds is 2. The number of amides is 3. The third kappa shape index (κ3) is 3.20. The van der Waals surface area contributed by atoms with E-state index in [0.717, 1.165) is 4.90 Å². The van der Waals surface area contributed by atoms with Gasteiger partial charge in [0.15, 0.2) is 0 Å². The molecule has 0 saturated heterocycles. The van der Waals surface area contributed by atoms with Crippen LogP contribution < -0.4 is 16.0 Å². The minimum absolute atomic E-state index is 0.127. The molecule has 0 fully saturated rings. The van der Waals surface area contributed by atoms with Gasteiger partial charge in [-0.25, -0.2) is 4.90 Å². The molecule has 0 spiro atoms. The first kappa shape index (κ1) is 13.5. The van der Waals surface area contributed by atoms with Crippen LogP contribution in [0, 0.1) is 0 Å². The van der Waals surface area contributed by atoms with E-state index < -0.39 is 17.7 Å². The summed E-state index contributed by atoms with van der Waals surface area (Å²) in [6.07, 6.45) is 0. The smallest absolute Gasteiger partial charge is 0.245 e. The van der Waals surface area contributed by atoms with Crippen LogP contribution in [0.25, 0.3) is 0 Å². The molecule has 9 nitrogen and oxygen atoms in total. The van der Waals surface area contributed by atoms with Crippen LogP contribution in [0.4, 0.5) is 17.8 Å². The monoisotopic (exact) mass is 252 g/mol. The lowest BCUT2D eigenvalue weighted by atomic mass is 10.5. The summed E-state index contributed by atoms with van der Waals surface area (Å²) in [4.78, 5) is 45.3. The van der Waals surface area contributed by atoms with Crippen molar-refractivity contribution in [3.8, 4) is 0 Å². The summed E-state index contributed by atoms with van der Waals surface area (Å²) < 4.78 is 0. The molecule has 1 heterocycles. The number of nitrogens with two attached hydrogens (primary N) is 1. The summed E-state index contributed by atoms with van der Waals surface area (Å²) >= 11 is 0. The van der Waals surface area contributed by atoms with E-state index in [0.29, 0.717) is 0 Å². The fraction of sp³-hybridized carbons (Fsp3) is 0.333. The topological polar surface area (TPSA) is 131 Å². The van der Waals surface area contributed by atoms with E-state index in [-0.39, 0.29) is 17.8 Å². The van der Waals surface area contributed by atoms with Crippen LogP contribution in [-0.2, 0) is 14.4 Å². The van der Waals surface area contributed by atoms with E-state index >= 15 is 0 Å². The third-order valence-electron chi connectivity index (χ3n) is 1.76. The van der Waals surface area contributed by atoms with E-state index in [2.05, 4.69) is 20.3 Å². The summed E-state index contributed by atoms with van der Waals surface area (Å²) in [6, 6.07) is 0. The van der Waals surface area contributed by atoms with Crippen LogP contribution in [0.2, 0.25) is 0 Å². The first-order valence-electron chi connectivity index (χ1n) is 4.91. The molecule has 0 aliphatic carbocycles. The summed E-state index contributed by atoms with van der Waals surface area (Å²) in [6.45, 7) is 3.62. The molecule has 0 aliphatic heterocycles. The second-order valence-electron chi connectivity index (χ2n) is 3.37. The average molecular weight is 252 g/mol. The summed E-state index contributed by atoms with van der Waals surface area (Å²) in [5, 5.41) is 2.29. The van der Waals surface area contributed by atoms with Crippen molar-refractivity contribution in [2.45, 2.75) is 20.8 Å². The predicted octanol–water partition coefficient (Wildman–Crippen LogP) is -0.688. The molecular formula is C9H12N6O3. The highest BCUT2D eigenvalue weighted by Gasteiger charge is 2.21. The van der Waals surface area contributed by atoms with E-state index in [1.807, 2.05) is 0 Å². The molecule has 0 bridgehead atoms. The van der Waals surface area contributed by atoms with Gasteiger partial charge in [0.25, 0.3) is 0 Å². The van der Waals surface area contributed by atoms with Gasteiger partial charge in [-0.15, -0.1) is 0 Å². The van der Waals surface area contributed by atoms with Crippen molar-refractivity contribution in [2.75, 3.05) is 16.0 Å². The number of nitrogens with one attached hydrogen (secondary N) is 1. The Balaban J connectivity index is 3.22. The van der Waals surface area contributed by atoms with E-state index in [4.69, 9.17) is 5.73 Å². The van der Waals surface area contributed by atoms with Crippen molar-refractivity contribution in [3.05, 3.63) is 0 Å². The van der Waals surface area contributed by atoms with Gasteiger partial charge in [-0.3, -0.25) is 19.7 Å². The lowest BCUT2D eigenvalue weighted by Crippen LogP contribution is -2.35. The Morgan fingerprint density at radius 1 is 1.06 bits per heavy atom. The number of anilines is 3. The maximum Gasteiger partial charge on any atom is 0.245 e. The van der Waals surface area contributed by atoms with Gasteiger partial charge in [-0.05, 0) is 0 Å². The molecule has 3 amide bonds. The number of aromatic nitrogens is 3. The van der Waals surface area contributed by atoms with Crippen molar-refractivity contribution in [3.63, 3.8) is 0 Å². The van der Waals surface area contributed by atoms with Crippen molar-refractivity contribution in [1.82, 2.24) is 15.0 Å². The highest BCUT2D eigenvalue weighted by atomic mass is 16.2. The zero-order valence-corrected chi connectivity index (χ0v) is 10.1. The van der Waals surface area contributed by atoms with Gasteiger partial charge < -0.3 is 5.73 Å².